The number of benzene rings is 1. The molecule has 21 heavy (non-hydrogen) atoms. The van der Waals surface area contributed by atoms with Crippen LogP contribution in [0.15, 0.2) is 24.3 Å². The highest BCUT2D eigenvalue weighted by Gasteiger charge is 2.13. The molecular weight excluding hydrogens is 266 g/mol. The fourth-order valence-electron chi connectivity index (χ4n) is 2.15. The van der Waals surface area contributed by atoms with E-state index in [9.17, 15) is 9.59 Å². The molecular formula is C17H23NO3. The summed E-state index contributed by atoms with van der Waals surface area (Å²) in [6, 6.07) is 5.54. The zero-order valence-electron chi connectivity index (χ0n) is 12.8. The van der Waals surface area contributed by atoms with Crippen molar-refractivity contribution < 1.29 is 14.7 Å². The Morgan fingerprint density at radius 2 is 2.05 bits per heavy atom. The summed E-state index contributed by atoms with van der Waals surface area (Å²) in [6.45, 7) is 6.03. The monoisotopic (exact) mass is 289 g/mol. The first-order valence-corrected chi connectivity index (χ1v) is 7.30. The van der Waals surface area contributed by atoms with E-state index in [1.807, 2.05) is 13.0 Å². The van der Waals surface area contributed by atoms with Crippen LogP contribution in [-0.4, -0.2) is 23.0 Å². The van der Waals surface area contributed by atoms with Crippen LogP contribution in [0.4, 0.5) is 0 Å². The first-order valence-electron chi connectivity index (χ1n) is 7.30. The number of nitrogens with one attached hydrogen (secondary N) is 1. The molecule has 1 amide bonds. The standard InChI is InChI=1S/C17H23NO3/c1-4-6-14(5-2)18-17(21)15-11-13(8-7-12(15)3)9-10-16(19)20/h7-11,14H,4-6H2,1-3H3,(H,18,21)(H,19,20). The Labute approximate surface area is 125 Å². The zero-order chi connectivity index (χ0) is 15.8. The van der Waals surface area contributed by atoms with Gasteiger partial charge in [0, 0.05) is 17.7 Å². The van der Waals surface area contributed by atoms with Gasteiger partial charge in [-0.25, -0.2) is 4.79 Å². The van der Waals surface area contributed by atoms with Crippen LogP contribution in [0, 0.1) is 6.92 Å². The Morgan fingerprint density at radius 3 is 2.62 bits per heavy atom. The number of rotatable bonds is 7. The molecule has 1 atom stereocenters. The fraction of sp³-hybridized carbons (Fsp3) is 0.412. The van der Waals surface area contributed by atoms with E-state index in [2.05, 4.69) is 19.2 Å². The topological polar surface area (TPSA) is 66.4 Å². The Kier molecular flexibility index (Phi) is 6.66. The zero-order valence-corrected chi connectivity index (χ0v) is 12.8. The van der Waals surface area contributed by atoms with Crippen molar-refractivity contribution in [2.45, 2.75) is 46.1 Å². The third-order valence-electron chi connectivity index (χ3n) is 3.39. The lowest BCUT2D eigenvalue weighted by atomic mass is 10.0. The molecule has 0 aromatic heterocycles. The molecule has 0 bridgehead atoms. The lowest BCUT2D eigenvalue weighted by molar-refractivity contribution is -0.131. The Balaban J connectivity index is 2.92. The maximum Gasteiger partial charge on any atom is 0.328 e. The maximum absolute atomic E-state index is 12.3. The summed E-state index contributed by atoms with van der Waals surface area (Å²) in [4.78, 5) is 22.9. The predicted molar refractivity (Wildman–Crippen MR) is 84.3 cm³/mol. The normalized spacial score (nSPS) is 12.3. The summed E-state index contributed by atoms with van der Waals surface area (Å²) in [6.07, 6.45) is 5.44. The highest BCUT2D eigenvalue weighted by atomic mass is 16.4. The quantitative estimate of drug-likeness (QED) is 0.756. The lowest BCUT2D eigenvalue weighted by Crippen LogP contribution is -2.34. The second-order valence-electron chi connectivity index (χ2n) is 5.11. The number of amides is 1. The first kappa shape index (κ1) is 17.0. The van der Waals surface area contributed by atoms with Crippen LogP contribution in [0.1, 0.15) is 54.6 Å². The third-order valence-corrected chi connectivity index (χ3v) is 3.39. The van der Waals surface area contributed by atoms with Gasteiger partial charge in [0.1, 0.15) is 0 Å². The SMILES string of the molecule is CCCC(CC)NC(=O)c1cc(C=CC(=O)O)ccc1C. The van der Waals surface area contributed by atoms with E-state index in [0.717, 1.165) is 30.9 Å². The second kappa shape index (κ2) is 8.25. The highest BCUT2D eigenvalue weighted by Crippen LogP contribution is 2.14. The second-order valence-corrected chi connectivity index (χ2v) is 5.11. The fourth-order valence-corrected chi connectivity index (χ4v) is 2.15. The number of carbonyl (C=O) groups is 2. The van der Waals surface area contributed by atoms with Crippen molar-refractivity contribution >= 4 is 18.0 Å². The van der Waals surface area contributed by atoms with Gasteiger partial charge < -0.3 is 10.4 Å². The van der Waals surface area contributed by atoms with E-state index in [0.29, 0.717) is 11.1 Å². The van der Waals surface area contributed by atoms with Crippen LogP contribution < -0.4 is 5.32 Å². The minimum Gasteiger partial charge on any atom is -0.478 e. The molecule has 4 heteroatoms. The molecule has 1 unspecified atom stereocenters. The van der Waals surface area contributed by atoms with Gasteiger partial charge >= 0.3 is 5.97 Å². The third kappa shape index (κ3) is 5.42. The van der Waals surface area contributed by atoms with Gasteiger partial charge in [-0.2, -0.15) is 0 Å². The summed E-state index contributed by atoms with van der Waals surface area (Å²) >= 11 is 0. The molecule has 114 valence electrons. The molecule has 0 saturated carbocycles. The van der Waals surface area contributed by atoms with Gasteiger partial charge in [0.05, 0.1) is 0 Å². The smallest absolute Gasteiger partial charge is 0.328 e. The molecule has 0 aliphatic carbocycles. The number of aliphatic carboxylic acids is 1. The average molecular weight is 289 g/mol. The van der Waals surface area contributed by atoms with Gasteiger partial charge in [-0.1, -0.05) is 32.4 Å². The Hall–Kier alpha value is -2.10. The van der Waals surface area contributed by atoms with E-state index in [-0.39, 0.29) is 11.9 Å². The van der Waals surface area contributed by atoms with Crippen LogP contribution in [0.25, 0.3) is 6.08 Å². The molecule has 0 fully saturated rings. The van der Waals surface area contributed by atoms with Crippen molar-refractivity contribution in [3.05, 3.63) is 41.0 Å². The Morgan fingerprint density at radius 1 is 1.33 bits per heavy atom. The molecule has 1 rings (SSSR count). The number of aryl methyl sites for hydroxylation is 1. The van der Waals surface area contributed by atoms with Crippen LogP contribution >= 0.6 is 0 Å². The maximum atomic E-state index is 12.3. The first-order chi connectivity index (χ1) is 9.97. The van der Waals surface area contributed by atoms with E-state index >= 15 is 0 Å². The molecule has 0 radical (unpaired) electrons. The summed E-state index contributed by atoms with van der Waals surface area (Å²) in [7, 11) is 0. The number of hydrogen-bond donors (Lipinski definition) is 2. The van der Waals surface area contributed by atoms with Crippen LogP contribution in [-0.2, 0) is 4.79 Å². The predicted octanol–water partition coefficient (Wildman–Crippen LogP) is 3.40. The molecule has 0 heterocycles. The van der Waals surface area contributed by atoms with Gasteiger partial charge in [-0.15, -0.1) is 0 Å². The number of hydrogen-bond acceptors (Lipinski definition) is 2. The molecule has 0 aliphatic heterocycles. The highest BCUT2D eigenvalue weighted by molar-refractivity contribution is 5.96. The van der Waals surface area contributed by atoms with Crippen molar-refractivity contribution in [1.82, 2.24) is 5.32 Å². The summed E-state index contributed by atoms with van der Waals surface area (Å²) in [5.74, 6) is -1.10. The lowest BCUT2D eigenvalue weighted by Gasteiger charge is -2.17. The van der Waals surface area contributed by atoms with Crippen molar-refractivity contribution in [3.8, 4) is 0 Å². The number of carboxylic acids is 1. The number of carbonyl (C=O) groups excluding carboxylic acids is 1. The molecule has 1 aromatic carbocycles. The van der Waals surface area contributed by atoms with E-state index in [4.69, 9.17) is 5.11 Å². The van der Waals surface area contributed by atoms with Crippen molar-refractivity contribution in [2.24, 2.45) is 0 Å². The summed E-state index contributed by atoms with van der Waals surface area (Å²) < 4.78 is 0. The molecule has 0 saturated heterocycles. The van der Waals surface area contributed by atoms with Crippen molar-refractivity contribution in [1.29, 1.82) is 0 Å². The van der Waals surface area contributed by atoms with Gasteiger partial charge in [-0.05, 0) is 43.0 Å². The van der Waals surface area contributed by atoms with Crippen LogP contribution in [0.3, 0.4) is 0 Å². The minimum absolute atomic E-state index is 0.0987. The van der Waals surface area contributed by atoms with E-state index in [1.165, 1.54) is 6.08 Å². The molecule has 4 nitrogen and oxygen atoms in total. The summed E-state index contributed by atoms with van der Waals surface area (Å²) in [5, 5.41) is 11.7. The van der Waals surface area contributed by atoms with Crippen molar-refractivity contribution in [3.63, 3.8) is 0 Å². The van der Waals surface area contributed by atoms with Crippen molar-refractivity contribution in [2.75, 3.05) is 0 Å². The van der Waals surface area contributed by atoms with E-state index < -0.39 is 5.97 Å². The number of carboxylic acid groups (broad SMARTS) is 1. The minimum atomic E-state index is -1.00. The van der Waals surface area contributed by atoms with Crippen LogP contribution in [0.2, 0.25) is 0 Å². The molecule has 0 spiro atoms. The van der Waals surface area contributed by atoms with Gasteiger partial charge in [0.15, 0.2) is 0 Å². The van der Waals surface area contributed by atoms with Gasteiger partial charge in [-0.3, -0.25) is 4.79 Å². The Bertz CT molecular complexity index is 535. The largest absolute Gasteiger partial charge is 0.478 e. The molecule has 0 aliphatic rings. The molecule has 1 aromatic rings. The van der Waals surface area contributed by atoms with Gasteiger partial charge in [0.25, 0.3) is 5.91 Å². The van der Waals surface area contributed by atoms with E-state index in [1.54, 1.807) is 12.1 Å². The molecule has 2 N–H and O–H groups in total. The average Bonchev–Trinajstić information content (AvgIpc) is 2.45. The van der Waals surface area contributed by atoms with Gasteiger partial charge in [0.2, 0.25) is 0 Å². The summed E-state index contributed by atoms with van der Waals surface area (Å²) in [5.41, 5.74) is 2.18. The van der Waals surface area contributed by atoms with Crippen LogP contribution in [0.5, 0.6) is 0 Å².